The van der Waals surface area contributed by atoms with E-state index in [9.17, 15) is 27.2 Å². The molecular formula is C31H34FN3O5S. The van der Waals surface area contributed by atoms with Gasteiger partial charge in [0.15, 0.2) is 0 Å². The van der Waals surface area contributed by atoms with Crippen molar-refractivity contribution in [2.45, 2.75) is 63.1 Å². The summed E-state index contributed by atoms with van der Waals surface area (Å²) >= 11 is 0. The highest BCUT2D eigenvalue weighted by molar-refractivity contribution is 7.90. The van der Waals surface area contributed by atoms with E-state index in [1.807, 2.05) is 44.2 Å². The molecule has 0 fully saturated rings. The molecule has 10 heteroatoms. The molecule has 3 aromatic carbocycles. The normalized spacial score (nSPS) is 15.2. The van der Waals surface area contributed by atoms with Crippen molar-refractivity contribution in [2.24, 2.45) is 0 Å². The average molecular weight is 580 g/mol. The summed E-state index contributed by atoms with van der Waals surface area (Å²) in [6, 6.07) is 20.2. The number of rotatable bonds is 12. The standard InChI is InChI=1S/C31H34FN3O5S/c1-3-22(2)33-30(37)27(20-23-12-5-4-6-13-23)34(21-24-14-7-9-16-26(24)32)29(36)18-11-19-35-31(38)25-15-8-10-17-28(25)41(35,39)40/h4-10,12-17,22,27H,3,11,18-21H2,1-2H3,(H,33,37)/t22-,27-/m0/s1. The van der Waals surface area contributed by atoms with E-state index in [1.54, 1.807) is 30.3 Å². The molecule has 1 N–H and O–H groups in total. The van der Waals surface area contributed by atoms with E-state index in [2.05, 4.69) is 5.32 Å². The molecule has 2 atom stereocenters. The van der Waals surface area contributed by atoms with Crippen LogP contribution in [0.4, 0.5) is 4.39 Å². The van der Waals surface area contributed by atoms with Gasteiger partial charge in [-0.1, -0.05) is 67.6 Å². The van der Waals surface area contributed by atoms with Gasteiger partial charge in [-0.25, -0.2) is 17.1 Å². The molecule has 216 valence electrons. The molecule has 0 radical (unpaired) electrons. The lowest BCUT2D eigenvalue weighted by molar-refractivity contribution is -0.141. The van der Waals surface area contributed by atoms with Crippen LogP contribution >= 0.6 is 0 Å². The van der Waals surface area contributed by atoms with Gasteiger partial charge < -0.3 is 10.2 Å². The summed E-state index contributed by atoms with van der Waals surface area (Å²) in [7, 11) is -4.01. The smallest absolute Gasteiger partial charge is 0.269 e. The quantitative estimate of drug-likeness (QED) is 0.345. The third-order valence-corrected chi connectivity index (χ3v) is 9.08. The zero-order valence-corrected chi connectivity index (χ0v) is 23.9. The van der Waals surface area contributed by atoms with E-state index in [0.717, 1.165) is 9.87 Å². The predicted molar refractivity (Wildman–Crippen MR) is 153 cm³/mol. The number of benzene rings is 3. The van der Waals surface area contributed by atoms with Gasteiger partial charge in [0.25, 0.3) is 15.9 Å². The fraction of sp³-hybridized carbons (Fsp3) is 0.323. The lowest BCUT2D eigenvalue weighted by Crippen LogP contribution is -2.52. The zero-order chi connectivity index (χ0) is 29.6. The molecule has 0 spiro atoms. The first kappa shape index (κ1) is 29.9. The van der Waals surface area contributed by atoms with Gasteiger partial charge in [-0.3, -0.25) is 14.4 Å². The number of fused-ring (bicyclic) bond motifs is 1. The monoisotopic (exact) mass is 579 g/mol. The summed E-state index contributed by atoms with van der Waals surface area (Å²) in [5.41, 5.74) is 1.18. The molecule has 0 saturated carbocycles. The third-order valence-electron chi connectivity index (χ3n) is 7.23. The van der Waals surface area contributed by atoms with E-state index in [0.29, 0.717) is 6.42 Å². The summed E-state index contributed by atoms with van der Waals surface area (Å²) in [6.45, 7) is 3.46. The van der Waals surface area contributed by atoms with Crippen LogP contribution in [0.3, 0.4) is 0 Å². The zero-order valence-electron chi connectivity index (χ0n) is 23.1. The minimum atomic E-state index is -4.01. The van der Waals surface area contributed by atoms with Crippen LogP contribution in [0, 0.1) is 5.82 Å². The van der Waals surface area contributed by atoms with E-state index in [-0.39, 0.29) is 60.3 Å². The van der Waals surface area contributed by atoms with Gasteiger partial charge in [-0.15, -0.1) is 0 Å². The van der Waals surface area contributed by atoms with Crippen LogP contribution in [0.1, 0.15) is 54.6 Å². The topological polar surface area (TPSA) is 104 Å². The number of hydrogen-bond donors (Lipinski definition) is 1. The molecule has 0 bridgehead atoms. The second-order valence-corrected chi connectivity index (χ2v) is 11.9. The Balaban J connectivity index is 1.58. The lowest BCUT2D eigenvalue weighted by atomic mass is 10.0. The minimum absolute atomic E-state index is 0.0383. The predicted octanol–water partition coefficient (Wildman–Crippen LogP) is 4.31. The van der Waals surface area contributed by atoms with Crippen LogP contribution in [0.25, 0.3) is 0 Å². The Hall–Kier alpha value is -4.05. The van der Waals surface area contributed by atoms with E-state index in [1.165, 1.54) is 23.1 Å². The van der Waals surface area contributed by atoms with Gasteiger partial charge in [0.05, 0.1) is 5.56 Å². The number of nitrogens with one attached hydrogen (secondary N) is 1. The van der Waals surface area contributed by atoms with Gasteiger partial charge in [-0.2, -0.15) is 0 Å². The highest BCUT2D eigenvalue weighted by atomic mass is 32.2. The van der Waals surface area contributed by atoms with E-state index in [4.69, 9.17) is 0 Å². The maximum atomic E-state index is 14.7. The summed E-state index contributed by atoms with van der Waals surface area (Å²) in [6.07, 6.45) is 0.784. The molecule has 3 amide bonds. The molecular weight excluding hydrogens is 545 g/mol. The van der Waals surface area contributed by atoms with Crippen molar-refractivity contribution < 1.29 is 27.2 Å². The summed E-state index contributed by atoms with van der Waals surface area (Å²) in [5.74, 6) is -1.94. The molecule has 1 aliphatic rings. The second-order valence-electron chi connectivity index (χ2n) is 10.1. The molecule has 8 nitrogen and oxygen atoms in total. The minimum Gasteiger partial charge on any atom is -0.352 e. The molecule has 0 saturated heterocycles. The summed E-state index contributed by atoms with van der Waals surface area (Å²) < 4.78 is 41.4. The van der Waals surface area contributed by atoms with Crippen LogP contribution < -0.4 is 5.32 Å². The van der Waals surface area contributed by atoms with Gasteiger partial charge >= 0.3 is 0 Å². The Morgan fingerprint density at radius 2 is 1.63 bits per heavy atom. The largest absolute Gasteiger partial charge is 0.352 e. The number of carbonyl (C=O) groups is 3. The van der Waals surface area contributed by atoms with Crippen LogP contribution in [-0.4, -0.2) is 54.0 Å². The molecule has 0 aromatic heterocycles. The molecule has 1 aliphatic heterocycles. The number of halogens is 1. The van der Waals surface area contributed by atoms with Crippen molar-refractivity contribution in [3.8, 4) is 0 Å². The number of nitrogens with zero attached hydrogens (tertiary/aromatic N) is 2. The highest BCUT2D eigenvalue weighted by Crippen LogP contribution is 2.30. The Morgan fingerprint density at radius 1 is 0.976 bits per heavy atom. The molecule has 4 rings (SSSR count). The first-order chi connectivity index (χ1) is 19.6. The Labute approximate surface area is 240 Å². The van der Waals surface area contributed by atoms with Crippen LogP contribution in [0.5, 0.6) is 0 Å². The Bertz CT molecular complexity index is 1510. The SMILES string of the molecule is CC[C@H](C)NC(=O)[C@H](Cc1ccccc1)N(Cc1ccccc1F)C(=O)CCCN1C(=O)c2ccccc2S1(=O)=O. The van der Waals surface area contributed by atoms with Gasteiger partial charge in [-0.05, 0) is 43.5 Å². The number of carbonyl (C=O) groups excluding carboxylic acids is 3. The van der Waals surface area contributed by atoms with Crippen LogP contribution in [0.2, 0.25) is 0 Å². The van der Waals surface area contributed by atoms with Crippen molar-refractivity contribution in [1.82, 2.24) is 14.5 Å². The first-order valence-corrected chi connectivity index (χ1v) is 15.1. The Kier molecular flexibility index (Phi) is 9.54. The van der Waals surface area contributed by atoms with Crippen molar-refractivity contribution in [2.75, 3.05) is 6.54 Å². The summed E-state index contributed by atoms with van der Waals surface area (Å²) in [5, 5.41) is 2.95. The van der Waals surface area contributed by atoms with Crippen molar-refractivity contribution in [3.05, 3.63) is 101 Å². The molecule has 41 heavy (non-hydrogen) atoms. The van der Waals surface area contributed by atoms with Gasteiger partial charge in [0.2, 0.25) is 11.8 Å². The van der Waals surface area contributed by atoms with Crippen LogP contribution in [0.15, 0.2) is 83.8 Å². The van der Waals surface area contributed by atoms with Crippen LogP contribution in [-0.2, 0) is 32.6 Å². The van der Waals surface area contributed by atoms with Crippen molar-refractivity contribution >= 4 is 27.7 Å². The van der Waals surface area contributed by atoms with E-state index >= 15 is 0 Å². The summed E-state index contributed by atoms with van der Waals surface area (Å²) in [4.78, 5) is 41.4. The number of sulfonamides is 1. The highest BCUT2D eigenvalue weighted by Gasteiger charge is 2.40. The lowest BCUT2D eigenvalue weighted by Gasteiger charge is -2.32. The molecule has 0 aliphatic carbocycles. The maximum Gasteiger partial charge on any atom is 0.269 e. The molecule has 0 unspecified atom stereocenters. The number of hydrogen-bond acceptors (Lipinski definition) is 5. The first-order valence-electron chi connectivity index (χ1n) is 13.7. The third kappa shape index (κ3) is 6.82. The molecule has 1 heterocycles. The number of amides is 3. The fourth-order valence-electron chi connectivity index (χ4n) is 4.77. The van der Waals surface area contributed by atoms with E-state index < -0.39 is 33.7 Å². The van der Waals surface area contributed by atoms with Crippen molar-refractivity contribution in [3.63, 3.8) is 0 Å². The average Bonchev–Trinajstić information content (AvgIpc) is 3.16. The molecule has 3 aromatic rings. The second kappa shape index (κ2) is 13.1. The van der Waals surface area contributed by atoms with Gasteiger partial charge in [0, 0.05) is 37.5 Å². The van der Waals surface area contributed by atoms with Crippen molar-refractivity contribution in [1.29, 1.82) is 0 Å². The maximum absolute atomic E-state index is 14.7. The van der Waals surface area contributed by atoms with Gasteiger partial charge in [0.1, 0.15) is 16.8 Å². The fourth-order valence-corrected chi connectivity index (χ4v) is 6.38. The Morgan fingerprint density at radius 3 is 2.32 bits per heavy atom.